The van der Waals surface area contributed by atoms with Crippen LogP contribution in [0.4, 0.5) is 0 Å². The lowest BCUT2D eigenvalue weighted by Crippen LogP contribution is -2.19. The van der Waals surface area contributed by atoms with E-state index < -0.39 is 0 Å². The van der Waals surface area contributed by atoms with E-state index in [-0.39, 0.29) is 6.04 Å². The number of nitrogens with two attached hydrogens (primary N) is 1. The fraction of sp³-hybridized carbons (Fsp3) is 0.409. The predicted molar refractivity (Wildman–Crippen MR) is 107 cm³/mol. The van der Waals surface area contributed by atoms with Crippen molar-refractivity contribution in [2.75, 3.05) is 6.61 Å². The highest BCUT2D eigenvalue weighted by molar-refractivity contribution is 5.76. The number of aryl methyl sites for hydroxylation is 2. The molecule has 1 heterocycles. The van der Waals surface area contributed by atoms with Crippen LogP contribution in [0.3, 0.4) is 0 Å². The lowest BCUT2D eigenvalue weighted by atomic mass is 10.0. The molecule has 0 aliphatic rings. The van der Waals surface area contributed by atoms with E-state index in [0.717, 1.165) is 42.0 Å². The van der Waals surface area contributed by atoms with Gasteiger partial charge in [0.2, 0.25) is 0 Å². The number of hydrogen-bond donors (Lipinski definition) is 1. The van der Waals surface area contributed by atoms with Crippen molar-refractivity contribution in [3.8, 4) is 5.75 Å². The Morgan fingerprint density at radius 1 is 1.12 bits per heavy atom. The van der Waals surface area contributed by atoms with Gasteiger partial charge in [-0.1, -0.05) is 38.1 Å². The molecule has 0 amide bonds. The standard InChI is InChI=1S/C22H29N3O/c1-16(2)14-19(23)22-24-20-10-4-5-11-21(20)25(22)12-7-13-26-18-9-6-8-17(3)15-18/h4-6,8-11,15-16,19H,7,12-14,23H2,1-3H3. The number of hydrogen-bond acceptors (Lipinski definition) is 3. The van der Waals surface area contributed by atoms with Crippen LogP contribution in [0.1, 0.15) is 44.1 Å². The van der Waals surface area contributed by atoms with Crippen molar-refractivity contribution in [1.29, 1.82) is 0 Å². The highest BCUT2D eigenvalue weighted by atomic mass is 16.5. The molecule has 2 aromatic carbocycles. The van der Waals surface area contributed by atoms with E-state index in [4.69, 9.17) is 15.5 Å². The largest absolute Gasteiger partial charge is 0.494 e. The molecular formula is C22H29N3O. The molecule has 4 heteroatoms. The number of ether oxygens (including phenoxy) is 1. The molecule has 3 rings (SSSR count). The average Bonchev–Trinajstić information content (AvgIpc) is 2.97. The smallest absolute Gasteiger partial charge is 0.126 e. The molecule has 0 saturated carbocycles. The highest BCUT2D eigenvalue weighted by Gasteiger charge is 2.17. The minimum absolute atomic E-state index is 0.0416. The van der Waals surface area contributed by atoms with Crippen LogP contribution in [-0.2, 0) is 6.54 Å². The van der Waals surface area contributed by atoms with Crippen LogP contribution in [0.5, 0.6) is 5.75 Å². The number of rotatable bonds is 8. The van der Waals surface area contributed by atoms with Crippen molar-refractivity contribution in [1.82, 2.24) is 9.55 Å². The summed E-state index contributed by atoms with van der Waals surface area (Å²) in [5.41, 5.74) is 9.84. The first-order valence-corrected chi connectivity index (χ1v) is 9.45. The first-order chi connectivity index (χ1) is 12.5. The van der Waals surface area contributed by atoms with E-state index in [9.17, 15) is 0 Å². The molecule has 26 heavy (non-hydrogen) atoms. The second kappa shape index (κ2) is 8.37. The molecule has 2 N–H and O–H groups in total. The molecule has 0 radical (unpaired) electrons. The predicted octanol–water partition coefficient (Wildman–Crippen LogP) is 4.86. The Balaban J connectivity index is 1.71. The maximum absolute atomic E-state index is 6.46. The quantitative estimate of drug-likeness (QED) is 0.590. The maximum Gasteiger partial charge on any atom is 0.126 e. The zero-order valence-corrected chi connectivity index (χ0v) is 16.0. The van der Waals surface area contributed by atoms with Crippen molar-refractivity contribution in [2.24, 2.45) is 11.7 Å². The third kappa shape index (κ3) is 4.44. The van der Waals surface area contributed by atoms with Gasteiger partial charge in [-0.2, -0.15) is 0 Å². The van der Waals surface area contributed by atoms with Gasteiger partial charge in [-0.15, -0.1) is 0 Å². The van der Waals surface area contributed by atoms with Crippen molar-refractivity contribution in [3.05, 3.63) is 59.9 Å². The number of benzene rings is 2. The average molecular weight is 351 g/mol. The summed E-state index contributed by atoms with van der Waals surface area (Å²) in [6.07, 6.45) is 1.85. The Morgan fingerprint density at radius 3 is 2.69 bits per heavy atom. The Hall–Kier alpha value is -2.33. The number of fused-ring (bicyclic) bond motifs is 1. The van der Waals surface area contributed by atoms with Crippen LogP contribution >= 0.6 is 0 Å². The zero-order chi connectivity index (χ0) is 18.5. The SMILES string of the molecule is Cc1cccc(OCCCn2c(C(N)CC(C)C)nc3ccccc32)c1. The topological polar surface area (TPSA) is 53.1 Å². The molecule has 1 aromatic heterocycles. The Morgan fingerprint density at radius 2 is 1.92 bits per heavy atom. The molecule has 0 fully saturated rings. The van der Waals surface area contributed by atoms with Crippen LogP contribution in [0.15, 0.2) is 48.5 Å². The molecule has 1 unspecified atom stereocenters. The van der Waals surface area contributed by atoms with Gasteiger partial charge in [-0.25, -0.2) is 4.98 Å². The lowest BCUT2D eigenvalue weighted by Gasteiger charge is -2.16. The fourth-order valence-corrected chi connectivity index (χ4v) is 3.34. The summed E-state index contributed by atoms with van der Waals surface area (Å²) in [7, 11) is 0. The summed E-state index contributed by atoms with van der Waals surface area (Å²) in [5, 5.41) is 0. The first-order valence-electron chi connectivity index (χ1n) is 9.45. The van der Waals surface area contributed by atoms with Crippen LogP contribution in [0, 0.1) is 12.8 Å². The molecule has 0 aliphatic carbocycles. The number of aromatic nitrogens is 2. The molecule has 0 spiro atoms. The van der Waals surface area contributed by atoms with Gasteiger partial charge in [-0.3, -0.25) is 0 Å². The molecule has 0 bridgehead atoms. The monoisotopic (exact) mass is 351 g/mol. The van der Waals surface area contributed by atoms with Crippen LogP contribution < -0.4 is 10.5 Å². The van der Waals surface area contributed by atoms with Crippen molar-refractivity contribution < 1.29 is 4.74 Å². The Bertz CT molecular complexity index is 853. The summed E-state index contributed by atoms with van der Waals surface area (Å²) in [6, 6.07) is 16.4. The summed E-state index contributed by atoms with van der Waals surface area (Å²) >= 11 is 0. The van der Waals surface area contributed by atoms with Crippen LogP contribution in [-0.4, -0.2) is 16.2 Å². The van der Waals surface area contributed by atoms with Gasteiger partial charge in [0.05, 0.1) is 23.7 Å². The van der Waals surface area contributed by atoms with Gasteiger partial charge in [0.25, 0.3) is 0 Å². The van der Waals surface area contributed by atoms with Gasteiger partial charge in [0.15, 0.2) is 0 Å². The molecule has 4 nitrogen and oxygen atoms in total. The van der Waals surface area contributed by atoms with Gasteiger partial charge in [-0.05, 0) is 55.5 Å². The van der Waals surface area contributed by atoms with Gasteiger partial charge in [0.1, 0.15) is 11.6 Å². The van der Waals surface area contributed by atoms with Gasteiger partial charge < -0.3 is 15.0 Å². The number of para-hydroxylation sites is 2. The third-order valence-corrected chi connectivity index (χ3v) is 4.53. The first kappa shape index (κ1) is 18.5. The summed E-state index contributed by atoms with van der Waals surface area (Å²) in [5.74, 6) is 2.45. The van der Waals surface area contributed by atoms with E-state index in [1.54, 1.807) is 0 Å². The number of nitrogens with zero attached hydrogens (tertiary/aromatic N) is 2. The van der Waals surface area contributed by atoms with Gasteiger partial charge in [0, 0.05) is 6.54 Å². The Labute approximate surface area is 156 Å². The van der Waals surface area contributed by atoms with Crippen molar-refractivity contribution >= 4 is 11.0 Å². The van der Waals surface area contributed by atoms with Gasteiger partial charge >= 0.3 is 0 Å². The number of imidazole rings is 1. The van der Waals surface area contributed by atoms with Crippen molar-refractivity contribution in [2.45, 2.75) is 46.2 Å². The fourth-order valence-electron chi connectivity index (χ4n) is 3.34. The van der Waals surface area contributed by atoms with E-state index in [1.807, 2.05) is 18.2 Å². The molecule has 3 aromatic rings. The molecule has 0 saturated heterocycles. The van der Waals surface area contributed by atoms with E-state index in [1.165, 1.54) is 5.56 Å². The van der Waals surface area contributed by atoms with E-state index in [0.29, 0.717) is 12.5 Å². The molecular weight excluding hydrogens is 322 g/mol. The third-order valence-electron chi connectivity index (χ3n) is 4.53. The zero-order valence-electron chi connectivity index (χ0n) is 16.0. The second-order valence-corrected chi connectivity index (χ2v) is 7.36. The summed E-state index contributed by atoms with van der Waals surface area (Å²) < 4.78 is 8.16. The normalized spacial score (nSPS) is 12.7. The van der Waals surface area contributed by atoms with Crippen LogP contribution in [0.2, 0.25) is 0 Å². The summed E-state index contributed by atoms with van der Waals surface area (Å²) in [6.45, 7) is 8.00. The second-order valence-electron chi connectivity index (χ2n) is 7.36. The Kier molecular flexibility index (Phi) is 5.94. The van der Waals surface area contributed by atoms with E-state index >= 15 is 0 Å². The molecule has 138 valence electrons. The minimum Gasteiger partial charge on any atom is -0.494 e. The van der Waals surface area contributed by atoms with Crippen molar-refractivity contribution in [3.63, 3.8) is 0 Å². The molecule has 0 aliphatic heterocycles. The molecule has 1 atom stereocenters. The maximum atomic E-state index is 6.46. The minimum atomic E-state index is -0.0416. The van der Waals surface area contributed by atoms with Crippen LogP contribution in [0.25, 0.3) is 11.0 Å². The highest BCUT2D eigenvalue weighted by Crippen LogP contribution is 2.24. The summed E-state index contributed by atoms with van der Waals surface area (Å²) in [4.78, 5) is 4.81. The van der Waals surface area contributed by atoms with E-state index in [2.05, 4.69) is 55.7 Å². The lowest BCUT2D eigenvalue weighted by molar-refractivity contribution is 0.300.